The van der Waals surface area contributed by atoms with Gasteiger partial charge in [0.25, 0.3) is 0 Å². The first kappa shape index (κ1) is 18.5. The molecule has 0 aliphatic rings. The van der Waals surface area contributed by atoms with Gasteiger partial charge in [0.2, 0.25) is 17.7 Å². The van der Waals surface area contributed by atoms with Gasteiger partial charge in [-0.25, -0.2) is 4.98 Å². The Balaban J connectivity index is 1.35. The molecule has 4 aromatic rings. The fourth-order valence-electron chi connectivity index (χ4n) is 2.82. The second-order valence-electron chi connectivity index (χ2n) is 6.42. The van der Waals surface area contributed by atoms with E-state index in [0.717, 1.165) is 16.8 Å². The predicted octanol–water partition coefficient (Wildman–Crippen LogP) is 5.11. The number of carbonyl (C=O) groups excluding carboxylic acids is 1. The number of rotatable bonds is 6. The molecular formula is C20H18N4O2S2. The van der Waals surface area contributed by atoms with Gasteiger partial charge in [0, 0.05) is 34.7 Å². The van der Waals surface area contributed by atoms with E-state index in [1.165, 1.54) is 22.5 Å². The lowest BCUT2D eigenvalue weighted by Crippen LogP contribution is -2.12. The van der Waals surface area contributed by atoms with Crippen LogP contribution >= 0.6 is 22.7 Å². The van der Waals surface area contributed by atoms with Crippen molar-refractivity contribution in [3.05, 3.63) is 57.4 Å². The minimum Gasteiger partial charge on any atom is -0.421 e. The molecule has 3 heterocycles. The van der Waals surface area contributed by atoms with Gasteiger partial charge in [-0.2, -0.15) is 11.3 Å². The Hall–Kier alpha value is -2.84. The fourth-order valence-corrected chi connectivity index (χ4v) is 4.17. The van der Waals surface area contributed by atoms with Crippen LogP contribution in [0.2, 0.25) is 0 Å². The number of hydrogen-bond acceptors (Lipinski definition) is 7. The smallest absolute Gasteiger partial charge is 0.248 e. The molecule has 8 heteroatoms. The number of amides is 1. The summed E-state index contributed by atoms with van der Waals surface area (Å²) in [7, 11) is 0. The molecule has 0 saturated carbocycles. The maximum absolute atomic E-state index is 12.2. The van der Waals surface area contributed by atoms with E-state index in [4.69, 9.17) is 4.42 Å². The zero-order valence-corrected chi connectivity index (χ0v) is 17.1. The maximum atomic E-state index is 12.2. The molecule has 28 heavy (non-hydrogen) atoms. The van der Waals surface area contributed by atoms with Gasteiger partial charge < -0.3 is 9.73 Å². The van der Waals surface area contributed by atoms with Gasteiger partial charge in [-0.3, -0.25) is 4.79 Å². The molecular weight excluding hydrogens is 392 g/mol. The molecule has 1 aromatic carbocycles. The van der Waals surface area contributed by atoms with E-state index in [9.17, 15) is 4.79 Å². The van der Waals surface area contributed by atoms with Crippen molar-refractivity contribution >= 4 is 33.7 Å². The highest BCUT2D eigenvalue weighted by molar-refractivity contribution is 7.14. The average Bonchev–Trinajstić information content (AvgIpc) is 3.41. The summed E-state index contributed by atoms with van der Waals surface area (Å²) in [5.74, 6) is 0.804. The van der Waals surface area contributed by atoms with Crippen LogP contribution in [0.1, 0.15) is 23.4 Å². The van der Waals surface area contributed by atoms with Crippen LogP contribution in [-0.2, 0) is 11.2 Å². The normalized spacial score (nSPS) is 10.9. The lowest BCUT2D eigenvalue weighted by Gasteiger charge is -2.03. The van der Waals surface area contributed by atoms with E-state index in [1.807, 2.05) is 22.2 Å². The highest BCUT2D eigenvalue weighted by Gasteiger charge is 2.13. The summed E-state index contributed by atoms with van der Waals surface area (Å²) >= 11 is 2.98. The standard InChI is InChI=1S/C20H18N4O2S2/c1-12-3-4-15(13(2)9-12)16-11-28-20(21-16)22-17(25)5-6-18-23-24-19(26-18)14-7-8-27-10-14/h3-4,7-11H,5-6H2,1-2H3,(H,21,22,25). The third-order valence-electron chi connectivity index (χ3n) is 4.21. The number of nitrogens with zero attached hydrogens (tertiary/aromatic N) is 3. The summed E-state index contributed by atoms with van der Waals surface area (Å²) in [6.07, 6.45) is 0.641. The van der Waals surface area contributed by atoms with Crippen molar-refractivity contribution < 1.29 is 9.21 Å². The Morgan fingerprint density at radius 3 is 2.86 bits per heavy atom. The first-order chi connectivity index (χ1) is 13.6. The van der Waals surface area contributed by atoms with E-state index in [-0.39, 0.29) is 12.3 Å². The van der Waals surface area contributed by atoms with Gasteiger partial charge in [0.05, 0.1) is 5.69 Å². The Kier molecular flexibility index (Phi) is 5.31. The Bertz CT molecular complexity index is 1100. The number of aromatic nitrogens is 3. The van der Waals surface area contributed by atoms with Crippen LogP contribution in [0.4, 0.5) is 5.13 Å². The number of aryl methyl sites for hydroxylation is 3. The van der Waals surface area contributed by atoms with Gasteiger partial charge >= 0.3 is 0 Å². The van der Waals surface area contributed by atoms with Crippen molar-refractivity contribution in [3.63, 3.8) is 0 Å². The predicted molar refractivity (Wildman–Crippen MR) is 112 cm³/mol. The van der Waals surface area contributed by atoms with Crippen LogP contribution in [0, 0.1) is 13.8 Å². The van der Waals surface area contributed by atoms with E-state index in [0.29, 0.717) is 23.3 Å². The highest BCUT2D eigenvalue weighted by atomic mass is 32.1. The number of hydrogen-bond donors (Lipinski definition) is 1. The summed E-state index contributed by atoms with van der Waals surface area (Å²) in [5.41, 5.74) is 5.23. The largest absolute Gasteiger partial charge is 0.421 e. The molecule has 0 atom stereocenters. The first-order valence-electron chi connectivity index (χ1n) is 8.76. The molecule has 6 nitrogen and oxygen atoms in total. The van der Waals surface area contributed by atoms with Crippen molar-refractivity contribution in [2.24, 2.45) is 0 Å². The zero-order chi connectivity index (χ0) is 19.5. The molecule has 0 bridgehead atoms. The Labute approximate surface area is 170 Å². The fraction of sp³-hybridized carbons (Fsp3) is 0.200. The van der Waals surface area contributed by atoms with E-state index in [2.05, 4.69) is 52.5 Å². The molecule has 0 radical (unpaired) electrons. The summed E-state index contributed by atoms with van der Waals surface area (Å²) in [4.78, 5) is 16.8. The summed E-state index contributed by atoms with van der Waals surface area (Å²) in [5, 5.41) is 17.3. The number of benzene rings is 1. The molecule has 0 aliphatic carbocycles. The van der Waals surface area contributed by atoms with Crippen molar-refractivity contribution in [2.75, 3.05) is 5.32 Å². The summed E-state index contributed by atoms with van der Waals surface area (Å²) in [6, 6.07) is 8.17. The molecule has 0 unspecified atom stereocenters. The lowest BCUT2D eigenvalue weighted by atomic mass is 10.0. The Morgan fingerprint density at radius 2 is 2.07 bits per heavy atom. The molecule has 0 saturated heterocycles. The van der Waals surface area contributed by atoms with Crippen LogP contribution in [0.3, 0.4) is 0 Å². The zero-order valence-electron chi connectivity index (χ0n) is 15.4. The number of thiazole rings is 1. The molecule has 0 spiro atoms. The van der Waals surface area contributed by atoms with Crippen LogP contribution < -0.4 is 5.32 Å². The van der Waals surface area contributed by atoms with Crippen LogP contribution in [-0.4, -0.2) is 21.1 Å². The monoisotopic (exact) mass is 410 g/mol. The third-order valence-corrected chi connectivity index (χ3v) is 5.65. The molecule has 0 aliphatic heterocycles. The number of anilines is 1. The molecule has 0 fully saturated rings. The first-order valence-corrected chi connectivity index (χ1v) is 10.6. The van der Waals surface area contributed by atoms with Crippen LogP contribution in [0.25, 0.3) is 22.7 Å². The van der Waals surface area contributed by atoms with E-state index >= 15 is 0 Å². The molecule has 142 valence electrons. The van der Waals surface area contributed by atoms with Crippen molar-refractivity contribution in [1.82, 2.24) is 15.2 Å². The topological polar surface area (TPSA) is 80.9 Å². The van der Waals surface area contributed by atoms with Gasteiger partial charge in [0.1, 0.15) is 0 Å². The minimum absolute atomic E-state index is 0.128. The van der Waals surface area contributed by atoms with Gasteiger partial charge in [-0.05, 0) is 30.9 Å². The molecule has 1 N–H and O–H groups in total. The SMILES string of the molecule is Cc1ccc(-c2csc(NC(=O)CCc3nnc(-c4ccsc4)o3)n2)c(C)c1. The number of thiophene rings is 1. The average molecular weight is 411 g/mol. The number of nitrogens with one attached hydrogen (secondary N) is 1. The second kappa shape index (κ2) is 8.04. The quantitative estimate of drug-likeness (QED) is 0.478. The van der Waals surface area contributed by atoms with Crippen molar-refractivity contribution in [1.29, 1.82) is 0 Å². The Morgan fingerprint density at radius 1 is 1.18 bits per heavy atom. The third kappa shape index (κ3) is 4.18. The maximum Gasteiger partial charge on any atom is 0.248 e. The van der Waals surface area contributed by atoms with E-state index in [1.54, 1.807) is 11.3 Å². The van der Waals surface area contributed by atoms with Gasteiger partial charge in [-0.1, -0.05) is 23.8 Å². The minimum atomic E-state index is -0.128. The molecule has 1 amide bonds. The number of carbonyl (C=O) groups is 1. The summed E-state index contributed by atoms with van der Waals surface area (Å²) < 4.78 is 5.60. The highest BCUT2D eigenvalue weighted by Crippen LogP contribution is 2.28. The molecule has 4 rings (SSSR count). The summed E-state index contributed by atoms with van der Waals surface area (Å²) in [6.45, 7) is 4.13. The van der Waals surface area contributed by atoms with Gasteiger partial charge in [0.15, 0.2) is 5.13 Å². The van der Waals surface area contributed by atoms with E-state index < -0.39 is 0 Å². The van der Waals surface area contributed by atoms with Crippen LogP contribution in [0.5, 0.6) is 0 Å². The molecule has 3 aromatic heterocycles. The van der Waals surface area contributed by atoms with Crippen molar-refractivity contribution in [2.45, 2.75) is 26.7 Å². The second-order valence-corrected chi connectivity index (χ2v) is 8.06. The van der Waals surface area contributed by atoms with Gasteiger partial charge in [-0.15, -0.1) is 21.5 Å². The van der Waals surface area contributed by atoms with Crippen molar-refractivity contribution in [3.8, 4) is 22.7 Å². The lowest BCUT2D eigenvalue weighted by molar-refractivity contribution is -0.116. The van der Waals surface area contributed by atoms with Crippen LogP contribution in [0.15, 0.2) is 44.8 Å².